The van der Waals surface area contributed by atoms with Gasteiger partial charge in [-0.2, -0.15) is 5.26 Å². The lowest BCUT2D eigenvalue weighted by Crippen LogP contribution is -2.44. The molecule has 0 bridgehead atoms. The van der Waals surface area contributed by atoms with Crippen LogP contribution in [0.25, 0.3) is 0 Å². The van der Waals surface area contributed by atoms with Gasteiger partial charge in [0.15, 0.2) is 0 Å². The van der Waals surface area contributed by atoms with E-state index in [0.29, 0.717) is 17.0 Å². The Labute approximate surface area is 99.0 Å². The van der Waals surface area contributed by atoms with Crippen LogP contribution in [0, 0.1) is 18.3 Å². The van der Waals surface area contributed by atoms with Crippen LogP contribution in [0.5, 0.6) is 0 Å². The first kappa shape index (κ1) is 11.4. The van der Waals surface area contributed by atoms with Crippen LogP contribution in [-0.4, -0.2) is 32.5 Å². The Morgan fingerprint density at radius 1 is 1.69 bits per heavy atom. The van der Waals surface area contributed by atoms with E-state index in [1.54, 1.807) is 0 Å². The topological polar surface area (TPSA) is 77.4 Å². The maximum atomic E-state index is 9.17. The number of aromatic amines is 1. The van der Waals surface area contributed by atoms with Crippen LogP contribution >= 0.6 is 11.8 Å². The molecule has 1 aliphatic carbocycles. The van der Waals surface area contributed by atoms with E-state index in [2.05, 4.69) is 26.6 Å². The summed E-state index contributed by atoms with van der Waals surface area (Å²) in [6, 6.07) is 2.86. The quantitative estimate of drug-likeness (QED) is 0.753. The Balaban J connectivity index is 1.89. The fourth-order valence-electron chi connectivity index (χ4n) is 1.38. The lowest BCUT2D eigenvalue weighted by atomic mass is 10.1. The molecule has 1 heterocycles. The second-order valence-electron chi connectivity index (χ2n) is 4.35. The lowest BCUT2D eigenvalue weighted by Gasteiger charge is -2.21. The van der Waals surface area contributed by atoms with Crippen molar-refractivity contribution in [1.82, 2.24) is 20.5 Å². The molecular weight excluding hydrogens is 222 g/mol. The molecule has 0 aromatic carbocycles. The molecule has 1 unspecified atom stereocenters. The van der Waals surface area contributed by atoms with Crippen molar-refractivity contribution < 1.29 is 0 Å². The third-order valence-electron chi connectivity index (χ3n) is 2.41. The van der Waals surface area contributed by atoms with Gasteiger partial charge in [0.1, 0.15) is 11.4 Å². The van der Waals surface area contributed by atoms with E-state index in [-0.39, 0.29) is 0 Å². The van der Waals surface area contributed by atoms with Crippen LogP contribution in [0.15, 0.2) is 5.16 Å². The smallest absolute Gasteiger partial charge is 0.208 e. The Morgan fingerprint density at radius 3 is 2.94 bits per heavy atom. The summed E-state index contributed by atoms with van der Waals surface area (Å²) in [4.78, 5) is 4.20. The summed E-state index contributed by atoms with van der Waals surface area (Å²) in [5, 5.41) is 20.1. The van der Waals surface area contributed by atoms with E-state index in [1.807, 2.05) is 13.8 Å². The van der Waals surface area contributed by atoms with E-state index >= 15 is 0 Å². The number of nitrogens with zero attached hydrogens (tertiary/aromatic N) is 3. The molecule has 5 nitrogen and oxygen atoms in total. The number of H-pyrrole nitrogens is 1. The predicted molar refractivity (Wildman–Crippen MR) is 62.0 cm³/mol. The van der Waals surface area contributed by atoms with E-state index in [1.165, 1.54) is 24.6 Å². The molecule has 1 aliphatic rings. The average Bonchev–Trinajstić information content (AvgIpc) is 2.97. The first-order chi connectivity index (χ1) is 7.61. The molecule has 0 amide bonds. The Kier molecular flexibility index (Phi) is 3.17. The fourth-order valence-corrected chi connectivity index (χ4v) is 2.26. The highest BCUT2D eigenvalue weighted by Crippen LogP contribution is 2.25. The highest BCUT2D eigenvalue weighted by atomic mass is 32.2. The molecule has 1 aromatic rings. The van der Waals surface area contributed by atoms with Crippen LogP contribution in [0.2, 0.25) is 0 Å². The van der Waals surface area contributed by atoms with Gasteiger partial charge in [-0.1, -0.05) is 11.8 Å². The van der Waals surface area contributed by atoms with Gasteiger partial charge in [-0.15, -0.1) is 5.10 Å². The van der Waals surface area contributed by atoms with Crippen LogP contribution < -0.4 is 5.32 Å². The van der Waals surface area contributed by atoms with Gasteiger partial charge in [0, 0.05) is 11.8 Å². The summed E-state index contributed by atoms with van der Waals surface area (Å²) in [7, 11) is 0. The summed E-state index contributed by atoms with van der Waals surface area (Å²) >= 11 is 1.50. The predicted octanol–water partition coefficient (Wildman–Crippen LogP) is 1.24. The zero-order chi connectivity index (χ0) is 11.6. The maximum Gasteiger partial charge on any atom is 0.208 e. The van der Waals surface area contributed by atoms with Crippen molar-refractivity contribution in [2.75, 3.05) is 5.75 Å². The minimum Gasteiger partial charge on any atom is -0.296 e. The number of hydrogen-bond donors (Lipinski definition) is 2. The zero-order valence-electron chi connectivity index (χ0n) is 9.45. The molecule has 2 rings (SSSR count). The van der Waals surface area contributed by atoms with Gasteiger partial charge in [0.2, 0.25) is 5.16 Å². The summed E-state index contributed by atoms with van der Waals surface area (Å²) in [5.74, 6) is 1.47. The van der Waals surface area contributed by atoms with Gasteiger partial charge in [0.25, 0.3) is 0 Å². The zero-order valence-corrected chi connectivity index (χ0v) is 10.3. The molecule has 16 heavy (non-hydrogen) atoms. The average molecular weight is 237 g/mol. The highest BCUT2D eigenvalue weighted by molar-refractivity contribution is 7.99. The molecule has 0 spiro atoms. The number of thioether (sulfide) groups is 1. The van der Waals surface area contributed by atoms with Crippen LogP contribution in [-0.2, 0) is 0 Å². The van der Waals surface area contributed by atoms with Gasteiger partial charge in [-0.25, -0.2) is 4.98 Å². The van der Waals surface area contributed by atoms with Crippen LogP contribution in [0.4, 0.5) is 0 Å². The number of rotatable bonds is 5. The minimum absolute atomic E-state index is 0.486. The van der Waals surface area contributed by atoms with Crippen molar-refractivity contribution in [2.45, 2.75) is 43.4 Å². The standard InChI is InChI=1S/C10H15N5S/c1-7-12-9(15-14-7)16-6-10(2,5-11)13-8-3-4-8/h8,13H,3-4,6H2,1-2H3,(H,12,14,15). The molecule has 0 saturated heterocycles. The lowest BCUT2D eigenvalue weighted by molar-refractivity contribution is 0.490. The number of nitrogens with one attached hydrogen (secondary N) is 2. The van der Waals surface area contributed by atoms with Gasteiger partial charge in [-0.05, 0) is 26.7 Å². The number of aryl methyl sites for hydroxylation is 1. The SMILES string of the molecule is Cc1nc(SCC(C)(C#N)NC2CC2)n[nH]1. The molecule has 86 valence electrons. The Hall–Kier alpha value is -1.06. The first-order valence-corrected chi connectivity index (χ1v) is 6.31. The number of aromatic nitrogens is 3. The van der Waals surface area contributed by atoms with Crippen LogP contribution in [0.3, 0.4) is 0 Å². The maximum absolute atomic E-state index is 9.17. The van der Waals surface area contributed by atoms with Crippen molar-refractivity contribution in [1.29, 1.82) is 5.26 Å². The summed E-state index contributed by atoms with van der Waals surface area (Å²) in [6.45, 7) is 3.79. The third-order valence-corrected chi connectivity index (χ3v) is 3.58. The van der Waals surface area contributed by atoms with Gasteiger partial charge < -0.3 is 0 Å². The molecule has 0 radical (unpaired) electrons. The third kappa shape index (κ3) is 2.97. The summed E-state index contributed by atoms with van der Waals surface area (Å²) < 4.78 is 0. The molecule has 2 N–H and O–H groups in total. The minimum atomic E-state index is -0.486. The van der Waals surface area contributed by atoms with E-state index in [0.717, 1.165) is 5.82 Å². The molecule has 0 aliphatic heterocycles. The van der Waals surface area contributed by atoms with Crippen molar-refractivity contribution in [3.05, 3.63) is 5.82 Å². The van der Waals surface area contributed by atoms with E-state index in [9.17, 15) is 5.26 Å². The van der Waals surface area contributed by atoms with Gasteiger partial charge in [-0.3, -0.25) is 10.4 Å². The molecule has 1 saturated carbocycles. The summed E-state index contributed by atoms with van der Waals surface area (Å²) in [6.07, 6.45) is 2.36. The van der Waals surface area contributed by atoms with Gasteiger partial charge in [0.05, 0.1) is 6.07 Å². The van der Waals surface area contributed by atoms with Crippen LogP contribution in [0.1, 0.15) is 25.6 Å². The fraction of sp³-hybridized carbons (Fsp3) is 0.700. The summed E-state index contributed by atoms with van der Waals surface area (Å²) in [5.41, 5.74) is -0.486. The van der Waals surface area contributed by atoms with E-state index < -0.39 is 5.54 Å². The van der Waals surface area contributed by atoms with Gasteiger partial charge >= 0.3 is 0 Å². The van der Waals surface area contributed by atoms with E-state index in [4.69, 9.17) is 0 Å². The molecule has 1 atom stereocenters. The monoisotopic (exact) mass is 237 g/mol. The first-order valence-electron chi connectivity index (χ1n) is 5.32. The normalized spacial score (nSPS) is 19.1. The number of nitriles is 1. The second kappa shape index (κ2) is 4.44. The molecule has 6 heteroatoms. The number of hydrogen-bond acceptors (Lipinski definition) is 5. The second-order valence-corrected chi connectivity index (χ2v) is 5.30. The van der Waals surface area contributed by atoms with Crippen molar-refractivity contribution in [3.63, 3.8) is 0 Å². The van der Waals surface area contributed by atoms with Crippen molar-refractivity contribution >= 4 is 11.8 Å². The van der Waals surface area contributed by atoms with Crippen molar-refractivity contribution in [2.24, 2.45) is 0 Å². The Morgan fingerprint density at radius 2 is 2.44 bits per heavy atom. The molecular formula is C10H15N5S. The molecule has 1 aromatic heterocycles. The largest absolute Gasteiger partial charge is 0.296 e. The Bertz CT molecular complexity index is 406. The van der Waals surface area contributed by atoms with Crippen molar-refractivity contribution in [3.8, 4) is 6.07 Å². The molecule has 1 fully saturated rings. The highest BCUT2D eigenvalue weighted by Gasteiger charge is 2.32.